The third kappa shape index (κ3) is 6.60. The van der Waals surface area contributed by atoms with Gasteiger partial charge in [-0.1, -0.05) is 12.0 Å². The van der Waals surface area contributed by atoms with Gasteiger partial charge in [0.25, 0.3) is 5.91 Å². The molecular formula is C25H29F4N7OS. The van der Waals surface area contributed by atoms with E-state index in [-0.39, 0.29) is 46.5 Å². The topological polar surface area (TPSA) is 79.5 Å². The Balaban J connectivity index is 1.55. The Morgan fingerprint density at radius 1 is 1.26 bits per heavy atom. The summed E-state index contributed by atoms with van der Waals surface area (Å²) in [7, 11) is 1.84. The van der Waals surface area contributed by atoms with Crippen LogP contribution in [0.4, 0.5) is 23.4 Å². The van der Waals surface area contributed by atoms with Crippen LogP contribution in [0.15, 0.2) is 35.5 Å². The molecule has 3 aromatic heterocycles. The SMILES string of the molecule is CN1CC[C@@H](Nc2cccc3c(SC(F)(F)F)c(C#CCNC(=O)c4cnn(C(C)(C)C)c4)nn23)[C@@H](F)C1. The summed E-state index contributed by atoms with van der Waals surface area (Å²) in [6.45, 7) is 6.70. The zero-order valence-corrected chi connectivity index (χ0v) is 22.3. The molecule has 0 spiro atoms. The molecule has 1 aliphatic rings. The predicted octanol–water partition coefficient (Wildman–Crippen LogP) is 4.13. The van der Waals surface area contributed by atoms with Crippen molar-refractivity contribution in [3.63, 3.8) is 0 Å². The first-order valence-electron chi connectivity index (χ1n) is 12.0. The van der Waals surface area contributed by atoms with Crippen molar-refractivity contribution in [1.29, 1.82) is 0 Å². The highest BCUT2D eigenvalue weighted by Gasteiger charge is 2.33. The van der Waals surface area contributed by atoms with Crippen LogP contribution in [0.2, 0.25) is 0 Å². The maximum atomic E-state index is 14.6. The first-order valence-corrected chi connectivity index (χ1v) is 12.8. The molecule has 1 saturated heterocycles. The lowest BCUT2D eigenvalue weighted by molar-refractivity contribution is -0.0327. The molecule has 1 fully saturated rings. The van der Waals surface area contributed by atoms with Gasteiger partial charge >= 0.3 is 5.51 Å². The van der Waals surface area contributed by atoms with Gasteiger partial charge in [-0.2, -0.15) is 23.4 Å². The number of alkyl halides is 4. The molecule has 0 radical (unpaired) electrons. The standard InChI is InChI=1S/C25H29F4N7OS/c1-24(2,3)35-14-16(13-31-35)23(37)30-11-6-7-19-22(38-25(27,28)29)20-8-5-9-21(36(20)33-19)32-18-10-12-34(4)15-17(18)26/h5,8-9,13-14,17-18,32H,10-12,15H2,1-4H3,(H,30,37)/t17-,18+/m0/s1. The van der Waals surface area contributed by atoms with Gasteiger partial charge < -0.3 is 15.5 Å². The van der Waals surface area contributed by atoms with Crippen molar-refractivity contribution < 1.29 is 22.4 Å². The summed E-state index contributed by atoms with van der Waals surface area (Å²) in [4.78, 5) is 14.2. The van der Waals surface area contributed by atoms with Crippen LogP contribution in [0.5, 0.6) is 0 Å². The summed E-state index contributed by atoms with van der Waals surface area (Å²) in [5.74, 6) is 5.32. The van der Waals surface area contributed by atoms with Gasteiger partial charge in [-0.25, -0.2) is 8.91 Å². The number of pyridine rings is 1. The molecule has 13 heteroatoms. The molecule has 2 atom stereocenters. The number of carbonyl (C=O) groups is 1. The van der Waals surface area contributed by atoms with Crippen molar-refractivity contribution in [3.05, 3.63) is 41.9 Å². The molecule has 0 unspecified atom stereocenters. The van der Waals surface area contributed by atoms with E-state index in [0.717, 1.165) is 0 Å². The van der Waals surface area contributed by atoms with E-state index in [4.69, 9.17) is 0 Å². The second kappa shape index (κ2) is 10.9. The number of rotatable bonds is 5. The van der Waals surface area contributed by atoms with Crippen LogP contribution < -0.4 is 10.6 Å². The number of anilines is 1. The number of aromatic nitrogens is 4. The van der Waals surface area contributed by atoms with E-state index in [1.54, 1.807) is 23.0 Å². The van der Waals surface area contributed by atoms with E-state index in [1.165, 1.54) is 16.8 Å². The largest absolute Gasteiger partial charge is 0.446 e. The first kappa shape index (κ1) is 27.8. The predicted molar refractivity (Wildman–Crippen MR) is 138 cm³/mol. The summed E-state index contributed by atoms with van der Waals surface area (Å²) in [6.07, 6.45) is 2.46. The average Bonchev–Trinajstić information content (AvgIpc) is 3.44. The van der Waals surface area contributed by atoms with Gasteiger partial charge in [0.05, 0.1) is 40.3 Å². The molecule has 4 rings (SSSR count). The highest BCUT2D eigenvalue weighted by Crippen LogP contribution is 2.41. The maximum Gasteiger partial charge on any atom is 0.446 e. The molecule has 0 aliphatic carbocycles. The zero-order valence-electron chi connectivity index (χ0n) is 21.4. The lowest BCUT2D eigenvalue weighted by Gasteiger charge is -2.33. The highest BCUT2D eigenvalue weighted by molar-refractivity contribution is 8.00. The van der Waals surface area contributed by atoms with Crippen molar-refractivity contribution >= 4 is 29.0 Å². The Kier molecular flexibility index (Phi) is 7.94. The van der Waals surface area contributed by atoms with E-state index in [9.17, 15) is 22.4 Å². The van der Waals surface area contributed by atoms with Gasteiger partial charge in [0, 0.05) is 19.3 Å². The number of likely N-dealkylation sites (tertiary alicyclic amines) is 1. The Labute approximate surface area is 222 Å². The molecule has 0 aromatic carbocycles. The van der Waals surface area contributed by atoms with Crippen molar-refractivity contribution in [2.75, 3.05) is 32.0 Å². The normalized spacial score (nSPS) is 18.7. The molecule has 8 nitrogen and oxygen atoms in total. The minimum Gasteiger partial charge on any atom is -0.364 e. The minimum atomic E-state index is -4.57. The van der Waals surface area contributed by atoms with E-state index < -0.39 is 23.6 Å². The Morgan fingerprint density at radius 2 is 2.03 bits per heavy atom. The lowest BCUT2D eigenvalue weighted by Crippen LogP contribution is -2.46. The number of amides is 1. The van der Waals surface area contributed by atoms with Crippen LogP contribution in [-0.4, -0.2) is 74.6 Å². The number of hydrogen-bond acceptors (Lipinski definition) is 6. The highest BCUT2D eigenvalue weighted by atomic mass is 32.2. The van der Waals surface area contributed by atoms with Crippen LogP contribution in [0, 0.1) is 11.8 Å². The summed E-state index contributed by atoms with van der Waals surface area (Å²) in [5, 5.41) is 14.2. The van der Waals surface area contributed by atoms with Gasteiger partial charge in [0.1, 0.15) is 17.7 Å². The minimum absolute atomic E-state index is 0.0865. The molecule has 0 bridgehead atoms. The Hall–Kier alpha value is -3.24. The third-order valence-electron chi connectivity index (χ3n) is 5.98. The number of halogens is 4. The molecule has 1 aliphatic heterocycles. The van der Waals surface area contributed by atoms with Gasteiger partial charge in [0.15, 0.2) is 0 Å². The lowest BCUT2D eigenvalue weighted by atomic mass is 10.0. The second-order valence-electron chi connectivity index (χ2n) is 10.1. The second-order valence-corrected chi connectivity index (χ2v) is 11.2. The molecule has 2 N–H and O–H groups in total. The quantitative estimate of drug-likeness (QED) is 0.282. The molecule has 4 heterocycles. The number of hydrogen-bond donors (Lipinski definition) is 2. The Bertz CT molecular complexity index is 1370. The van der Waals surface area contributed by atoms with Gasteiger partial charge in [-0.05, 0) is 64.1 Å². The van der Waals surface area contributed by atoms with Crippen LogP contribution in [0.25, 0.3) is 5.52 Å². The number of nitrogens with zero attached hydrogens (tertiary/aromatic N) is 5. The summed E-state index contributed by atoms with van der Waals surface area (Å²) in [6, 6.07) is 4.25. The van der Waals surface area contributed by atoms with Gasteiger partial charge in [0.2, 0.25) is 0 Å². The molecule has 0 saturated carbocycles. The number of piperidine rings is 1. The van der Waals surface area contributed by atoms with Crippen molar-refractivity contribution in [2.45, 2.75) is 55.3 Å². The third-order valence-corrected chi connectivity index (χ3v) is 6.82. The number of nitrogens with one attached hydrogen (secondary N) is 2. The molecular weight excluding hydrogens is 522 g/mol. The Morgan fingerprint density at radius 3 is 2.68 bits per heavy atom. The molecule has 204 valence electrons. The monoisotopic (exact) mass is 551 g/mol. The van der Waals surface area contributed by atoms with E-state index >= 15 is 0 Å². The van der Waals surface area contributed by atoms with Crippen molar-refractivity contribution in [2.24, 2.45) is 0 Å². The number of fused-ring (bicyclic) bond motifs is 1. The zero-order chi connectivity index (χ0) is 27.7. The molecule has 38 heavy (non-hydrogen) atoms. The first-order chi connectivity index (χ1) is 17.8. The summed E-state index contributed by atoms with van der Waals surface area (Å²) < 4.78 is 57.8. The fraction of sp³-hybridized carbons (Fsp3) is 0.480. The summed E-state index contributed by atoms with van der Waals surface area (Å²) >= 11 is -0.307. The fourth-order valence-electron chi connectivity index (χ4n) is 4.03. The molecule has 3 aromatic rings. The number of thioether (sulfide) groups is 1. The summed E-state index contributed by atoms with van der Waals surface area (Å²) in [5.41, 5.74) is -4.40. The van der Waals surface area contributed by atoms with Crippen LogP contribution in [-0.2, 0) is 5.54 Å². The van der Waals surface area contributed by atoms with Gasteiger partial charge in [-0.3, -0.25) is 9.48 Å². The fourth-order valence-corrected chi connectivity index (χ4v) is 4.70. The maximum absolute atomic E-state index is 14.6. The smallest absolute Gasteiger partial charge is 0.364 e. The average molecular weight is 552 g/mol. The number of carbonyl (C=O) groups excluding carboxylic acids is 1. The van der Waals surface area contributed by atoms with Crippen LogP contribution in [0.3, 0.4) is 0 Å². The molecule has 1 amide bonds. The van der Waals surface area contributed by atoms with Crippen LogP contribution in [0.1, 0.15) is 43.2 Å². The van der Waals surface area contributed by atoms with E-state index in [0.29, 0.717) is 24.3 Å². The van der Waals surface area contributed by atoms with Crippen LogP contribution >= 0.6 is 11.8 Å². The van der Waals surface area contributed by atoms with E-state index in [2.05, 4.69) is 32.7 Å². The van der Waals surface area contributed by atoms with Crippen molar-refractivity contribution in [3.8, 4) is 11.8 Å². The van der Waals surface area contributed by atoms with Gasteiger partial charge in [-0.15, -0.1) is 0 Å². The van der Waals surface area contributed by atoms with E-state index in [1.807, 2.05) is 32.7 Å². The van der Waals surface area contributed by atoms with Crippen molar-refractivity contribution in [1.82, 2.24) is 29.6 Å².